The van der Waals surface area contributed by atoms with Crippen molar-refractivity contribution >= 4 is 32.7 Å². The van der Waals surface area contributed by atoms with Gasteiger partial charge in [-0.05, 0) is 52.4 Å². The number of aromatic carboxylic acids is 1. The van der Waals surface area contributed by atoms with Gasteiger partial charge in [-0.3, -0.25) is 4.21 Å². The number of halogens is 1. The summed E-state index contributed by atoms with van der Waals surface area (Å²) in [4.78, 5) is 11.5. The molecule has 100 valence electrons. The highest BCUT2D eigenvalue weighted by molar-refractivity contribution is 9.10. The van der Waals surface area contributed by atoms with Crippen molar-refractivity contribution in [1.29, 1.82) is 5.26 Å². The van der Waals surface area contributed by atoms with E-state index >= 15 is 0 Å². The molecule has 19 heavy (non-hydrogen) atoms. The van der Waals surface area contributed by atoms with Gasteiger partial charge in [0.1, 0.15) is 0 Å². The minimum atomic E-state index is -1.26. The Kier molecular flexibility index (Phi) is 4.07. The van der Waals surface area contributed by atoms with Crippen LogP contribution in [0.15, 0.2) is 27.6 Å². The van der Waals surface area contributed by atoms with Crippen molar-refractivity contribution in [3.63, 3.8) is 0 Å². The van der Waals surface area contributed by atoms with E-state index in [4.69, 9.17) is 10.4 Å². The molecule has 0 spiro atoms. The second-order valence-corrected chi connectivity index (χ2v) is 7.08. The average Bonchev–Trinajstić information content (AvgIpc) is 3.09. The van der Waals surface area contributed by atoms with Crippen molar-refractivity contribution in [2.75, 3.05) is 5.75 Å². The molecule has 1 aromatic rings. The molecule has 1 aliphatic rings. The summed E-state index contributed by atoms with van der Waals surface area (Å²) in [7, 11) is -1.26. The number of carboxylic acid groups (broad SMARTS) is 1. The molecule has 4 nitrogen and oxygen atoms in total. The van der Waals surface area contributed by atoms with Crippen LogP contribution in [-0.4, -0.2) is 21.0 Å². The van der Waals surface area contributed by atoms with Crippen molar-refractivity contribution < 1.29 is 14.1 Å². The maximum atomic E-state index is 12.3. The monoisotopic (exact) mass is 341 g/mol. The van der Waals surface area contributed by atoms with Gasteiger partial charge in [-0.2, -0.15) is 5.26 Å². The fourth-order valence-corrected chi connectivity index (χ4v) is 3.89. The van der Waals surface area contributed by atoms with Crippen molar-refractivity contribution in [1.82, 2.24) is 0 Å². The fraction of sp³-hybridized carbons (Fsp3) is 0.385. The highest BCUT2D eigenvalue weighted by Gasteiger charge is 2.43. The summed E-state index contributed by atoms with van der Waals surface area (Å²) >= 11 is 3.16. The zero-order valence-electron chi connectivity index (χ0n) is 10.1. The summed E-state index contributed by atoms with van der Waals surface area (Å²) in [6.07, 6.45) is 2.27. The van der Waals surface area contributed by atoms with E-state index < -0.39 is 16.8 Å². The van der Waals surface area contributed by atoms with E-state index in [-0.39, 0.29) is 11.0 Å². The summed E-state index contributed by atoms with van der Waals surface area (Å²) in [5, 5.41) is 17.8. The number of carboxylic acids is 1. The number of benzene rings is 1. The predicted molar refractivity (Wildman–Crippen MR) is 74.3 cm³/mol. The second-order valence-electron chi connectivity index (χ2n) is 4.77. The molecule has 0 aliphatic heterocycles. The molecule has 1 fully saturated rings. The summed E-state index contributed by atoms with van der Waals surface area (Å²) in [6.45, 7) is 0. The third-order valence-corrected chi connectivity index (χ3v) is 5.63. The minimum Gasteiger partial charge on any atom is -0.478 e. The van der Waals surface area contributed by atoms with Crippen LogP contribution in [0.4, 0.5) is 0 Å². The Morgan fingerprint density at radius 1 is 1.53 bits per heavy atom. The van der Waals surface area contributed by atoms with Crippen LogP contribution in [0.3, 0.4) is 0 Å². The summed E-state index contributed by atoms with van der Waals surface area (Å²) in [5.41, 5.74) is -0.00762. The molecule has 1 atom stereocenters. The Balaban J connectivity index is 2.19. The molecule has 1 aliphatic carbocycles. The summed E-state index contributed by atoms with van der Waals surface area (Å²) in [5.74, 6) is -0.620. The van der Waals surface area contributed by atoms with Crippen molar-refractivity contribution in [2.24, 2.45) is 5.41 Å². The molecular weight excluding hydrogens is 330 g/mol. The minimum absolute atomic E-state index is 0.107. The molecule has 0 saturated heterocycles. The van der Waals surface area contributed by atoms with Gasteiger partial charge in [-0.15, -0.1) is 0 Å². The van der Waals surface area contributed by atoms with Crippen LogP contribution in [-0.2, 0) is 10.8 Å². The SMILES string of the molecule is N#CCC1(CS(=O)c2ccc(Br)c(C(=O)O)c2)CC1. The van der Waals surface area contributed by atoms with Crippen molar-refractivity contribution in [3.8, 4) is 6.07 Å². The predicted octanol–water partition coefficient (Wildman–Crippen LogP) is 2.95. The van der Waals surface area contributed by atoms with Gasteiger partial charge >= 0.3 is 5.97 Å². The molecule has 0 aromatic heterocycles. The molecule has 1 N–H and O–H groups in total. The fourth-order valence-electron chi connectivity index (χ4n) is 1.89. The van der Waals surface area contributed by atoms with Gasteiger partial charge in [0.15, 0.2) is 0 Å². The molecule has 0 radical (unpaired) electrons. The third kappa shape index (κ3) is 3.23. The Morgan fingerprint density at radius 3 is 2.74 bits per heavy atom. The largest absolute Gasteiger partial charge is 0.478 e. The van der Waals surface area contributed by atoms with E-state index in [2.05, 4.69) is 22.0 Å². The number of nitriles is 1. The lowest BCUT2D eigenvalue weighted by atomic mass is 10.1. The molecule has 0 amide bonds. The molecule has 0 heterocycles. The van der Waals surface area contributed by atoms with Gasteiger partial charge in [0.25, 0.3) is 0 Å². The topological polar surface area (TPSA) is 78.2 Å². The first-order valence-electron chi connectivity index (χ1n) is 5.76. The lowest BCUT2D eigenvalue weighted by Gasteiger charge is -2.11. The van der Waals surface area contributed by atoms with E-state index in [1.165, 1.54) is 6.07 Å². The Labute approximate surface area is 122 Å². The number of hydrogen-bond donors (Lipinski definition) is 1. The van der Waals surface area contributed by atoms with E-state index in [1.54, 1.807) is 12.1 Å². The third-order valence-electron chi connectivity index (χ3n) is 3.28. The average molecular weight is 342 g/mol. The Morgan fingerprint density at radius 2 is 2.21 bits per heavy atom. The lowest BCUT2D eigenvalue weighted by Crippen LogP contribution is -2.12. The van der Waals surface area contributed by atoms with Gasteiger partial charge in [0.2, 0.25) is 0 Å². The van der Waals surface area contributed by atoms with E-state index in [0.717, 1.165) is 12.8 Å². The number of carbonyl (C=O) groups is 1. The van der Waals surface area contributed by atoms with Crippen LogP contribution in [0, 0.1) is 16.7 Å². The standard InChI is InChI=1S/C13H12BrNO3S/c14-11-2-1-9(7-10(11)12(16)17)19(18)8-13(3-4-13)5-6-15/h1-2,7H,3-5,8H2,(H,16,17). The van der Waals surface area contributed by atoms with Gasteiger partial charge in [-0.1, -0.05) is 0 Å². The molecule has 1 unspecified atom stereocenters. The first kappa shape index (κ1) is 14.2. The quantitative estimate of drug-likeness (QED) is 0.892. The highest BCUT2D eigenvalue weighted by Crippen LogP contribution is 2.49. The highest BCUT2D eigenvalue weighted by atomic mass is 79.9. The lowest BCUT2D eigenvalue weighted by molar-refractivity contribution is 0.0695. The molecule has 2 rings (SSSR count). The second kappa shape index (κ2) is 5.43. The first-order chi connectivity index (χ1) is 8.97. The van der Waals surface area contributed by atoms with Gasteiger partial charge in [0.05, 0.1) is 22.4 Å². The van der Waals surface area contributed by atoms with Crippen LogP contribution in [0.1, 0.15) is 29.6 Å². The van der Waals surface area contributed by atoms with Crippen LogP contribution >= 0.6 is 15.9 Å². The normalized spacial score (nSPS) is 17.5. The number of rotatable bonds is 5. The maximum Gasteiger partial charge on any atom is 0.336 e. The Bertz CT molecular complexity index is 590. The number of nitrogens with zero attached hydrogens (tertiary/aromatic N) is 1. The Hall–Kier alpha value is -1.19. The van der Waals surface area contributed by atoms with Crippen LogP contribution in [0.5, 0.6) is 0 Å². The first-order valence-corrected chi connectivity index (χ1v) is 7.87. The van der Waals surface area contributed by atoms with E-state index in [0.29, 0.717) is 21.5 Å². The summed E-state index contributed by atoms with van der Waals surface area (Å²) < 4.78 is 12.7. The zero-order chi connectivity index (χ0) is 14.0. The van der Waals surface area contributed by atoms with Crippen molar-refractivity contribution in [3.05, 3.63) is 28.2 Å². The van der Waals surface area contributed by atoms with Crippen LogP contribution in [0.25, 0.3) is 0 Å². The molecular formula is C13H12BrNO3S. The van der Waals surface area contributed by atoms with Gasteiger partial charge in [0, 0.05) is 21.5 Å². The zero-order valence-corrected chi connectivity index (χ0v) is 12.5. The van der Waals surface area contributed by atoms with Crippen LogP contribution < -0.4 is 0 Å². The van der Waals surface area contributed by atoms with Crippen molar-refractivity contribution in [2.45, 2.75) is 24.2 Å². The summed E-state index contributed by atoms with van der Waals surface area (Å²) in [6, 6.07) is 6.83. The molecule has 0 bridgehead atoms. The van der Waals surface area contributed by atoms with Crippen LogP contribution in [0.2, 0.25) is 0 Å². The van der Waals surface area contributed by atoms with E-state index in [1.807, 2.05) is 0 Å². The maximum absolute atomic E-state index is 12.3. The van der Waals surface area contributed by atoms with E-state index in [9.17, 15) is 9.00 Å². The molecule has 1 aromatic carbocycles. The molecule has 6 heteroatoms. The molecule has 1 saturated carbocycles. The van der Waals surface area contributed by atoms with Gasteiger partial charge in [-0.25, -0.2) is 4.79 Å². The van der Waals surface area contributed by atoms with Gasteiger partial charge < -0.3 is 5.11 Å². The smallest absolute Gasteiger partial charge is 0.336 e. The number of hydrogen-bond acceptors (Lipinski definition) is 3.